The van der Waals surface area contributed by atoms with Crippen LogP contribution in [0, 0.1) is 23.7 Å². The molecular weight excluding hydrogens is 1040 g/mol. The van der Waals surface area contributed by atoms with Crippen molar-refractivity contribution in [2.24, 2.45) is 34.4 Å². The first-order chi connectivity index (χ1) is 35.8. The summed E-state index contributed by atoms with van der Waals surface area (Å²) >= 11 is 6.92. The summed E-state index contributed by atoms with van der Waals surface area (Å²) in [6.45, 7) is 21.7. The number of Topliss-reactive ketones (excluding diaryl/α,β-unsaturated/α-hetero) is 4. The van der Waals surface area contributed by atoms with E-state index >= 15 is 0 Å². The number of rotatable bonds is 20. The predicted octanol–water partition coefficient (Wildman–Crippen LogP) is 0.960. The van der Waals surface area contributed by atoms with E-state index in [1.807, 2.05) is 6.92 Å². The van der Waals surface area contributed by atoms with Gasteiger partial charge in [-0.3, -0.25) is 43.3 Å². The molecule has 0 radical (unpaired) electrons. The third-order valence-corrected chi connectivity index (χ3v) is 16.5. The van der Waals surface area contributed by atoms with Crippen molar-refractivity contribution in [3.05, 3.63) is 58.0 Å². The Hall–Kier alpha value is -5.31. The number of nitrogens with zero attached hydrogens (tertiary/aromatic N) is 5. The predicted molar refractivity (Wildman–Crippen MR) is 292 cm³/mol. The van der Waals surface area contributed by atoms with E-state index in [2.05, 4.69) is 41.4 Å². The molecule has 13 atom stereocenters. The Morgan fingerprint density at radius 2 is 1.11 bits per heavy atom. The average Bonchev–Trinajstić information content (AvgIpc) is 4.03. The van der Waals surface area contributed by atoms with Gasteiger partial charge in [0.1, 0.15) is 11.7 Å². The molecule has 9 N–H and O–H groups in total. The van der Waals surface area contributed by atoms with Crippen molar-refractivity contribution in [3.63, 3.8) is 0 Å². The molecule has 8 aliphatic rings. The van der Waals surface area contributed by atoms with Crippen molar-refractivity contribution in [3.8, 4) is 0 Å². The number of aliphatic hydroxyl groups excluding tert-OH is 4. The number of thiol groups is 1. The highest BCUT2D eigenvalue weighted by atomic mass is 32.2. The van der Waals surface area contributed by atoms with Crippen molar-refractivity contribution in [1.82, 2.24) is 30.2 Å². The van der Waals surface area contributed by atoms with Gasteiger partial charge < -0.3 is 61.5 Å². The van der Waals surface area contributed by atoms with E-state index in [1.54, 1.807) is 54.7 Å². The molecule has 0 saturated carbocycles. The number of carbonyl (C=O) groups excluding carboxylic acids is 8. The molecule has 8 heterocycles. The molecule has 5 saturated heterocycles. The number of aliphatic hydroxyl groups is 4. The molecule has 0 aromatic carbocycles. The second-order valence-corrected chi connectivity index (χ2v) is 22.2. The van der Waals surface area contributed by atoms with Crippen LogP contribution >= 0.6 is 36.2 Å². The highest BCUT2D eigenvalue weighted by Crippen LogP contribution is 2.49. The lowest BCUT2D eigenvalue weighted by Crippen LogP contribution is -2.64. The molecule has 0 aromatic heterocycles. The number of ketones is 4. The Balaban J connectivity index is 0.000000261. The van der Waals surface area contributed by atoms with Crippen LogP contribution in [0.1, 0.15) is 82.5 Å². The van der Waals surface area contributed by atoms with Gasteiger partial charge in [-0.1, -0.05) is 13.2 Å². The van der Waals surface area contributed by atoms with E-state index in [0.29, 0.717) is 41.4 Å². The molecule has 22 nitrogen and oxygen atoms in total. The monoisotopic (exact) mass is 1120 g/mol. The number of allylic oxidation sites excluding steroid dienone is 2. The van der Waals surface area contributed by atoms with Gasteiger partial charge >= 0.3 is 5.97 Å². The molecule has 0 aliphatic carbocycles. The SMILES string of the molecule is C=CNCCS.C=CNCCSC1=C(C(C)=O)N2C(=O)[C@H](C(C)O)C2C1.CC(=O)C1=C(C)CC2[C@@H]([C@@H](C)O)C(=O)N12.CC(=O)C1C(=O)CC2[C@@H]([C@@H](C)O)C(=O)N12.CC(O)[C@H]1C(=O)N2C(C(=O)O)=C(SCCN=CN)CC12.[HH]. The summed E-state index contributed by atoms with van der Waals surface area (Å²) in [4.78, 5) is 116. The molecule has 25 heteroatoms. The van der Waals surface area contributed by atoms with Gasteiger partial charge in [-0.25, -0.2) is 4.79 Å². The standard InChI is InChI=1S/C14H20N2O3S.C12H17N3O4S.C11H15NO3.C10H13NO4.C4H9NS.H2/c1-4-15-5-6-20-11-7-10-12(8(2)17)14(19)16(10)13(11)9(3)18;1-6(16)9-7-4-8(20-3-2-14-5-13)10(12(18)19)15(7)11(9)17;1-5-4-8-9(6(2)13)11(15)12(8)10(5)7(3)14;1-4(12)8-6-3-7(14)9(5(2)13)11(6)10(8)15;1-2-5-3-4-6;/h4,8,10,12,15,17H,1,5-7H2,2-3H3;5-7,9,16H,2-4H2,1H3,(H2,13,14)(H,18,19);6,8-9,13H,4H2,1-3H3;4,6,8-9,12H,3H2,1-2H3;2,5-6H,1,3-4H2;1H/t8?,10?,12-;6?,7?,9-;6-,8?,9-;4-,6?,8-,9?;;/m1111../s1. The molecular formula is C51H76N8O14S3. The molecule has 4 amide bonds. The van der Waals surface area contributed by atoms with E-state index in [4.69, 9.17) is 5.73 Å². The van der Waals surface area contributed by atoms with Gasteiger partial charge in [0.05, 0.1) is 96.5 Å². The zero-order valence-electron chi connectivity index (χ0n) is 44.2. The summed E-state index contributed by atoms with van der Waals surface area (Å²) in [5.41, 5.74) is 7.22. The van der Waals surface area contributed by atoms with Crippen LogP contribution < -0.4 is 16.4 Å². The summed E-state index contributed by atoms with van der Waals surface area (Å²) in [7, 11) is 0. The quantitative estimate of drug-likeness (QED) is 0.0205. The van der Waals surface area contributed by atoms with Crippen LogP contribution in [0.3, 0.4) is 0 Å². The first kappa shape index (κ1) is 63.2. The molecule has 7 unspecified atom stereocenters. The fourth-order valence-corrected chi connectivity index (χ4v) is 13.2. The molecule has 422 valence electrons. The maximum atomic E-state index is 12.1. The van der Waals surface area contributed by atoms with Gasteiger partial charge in [0, 0.05) is 74.7 Å². The Labute approximate surface area is 458 Å². The highest BCUT2D eigenvalue weighted by Gasteiger charge is 2.61. The summed E-state index contributed by atoms with van der Waals surface area (Å²) in [6, 6.07) is -1.42. The van der Waals surface area contributed by atoms with Crippen molar-refractivity contribution in [1.29, 1.82) is 0 Å². The molecule has 0 spiro atoms. The zero-order chi connectivity index (χ0) is 57.2. The minimum Gasteiger partial charge on any atom is -0.477 e. The molecule has 76 heavy (non-hydrogen) atoms. The number of aliphatic imine (C=N–C) groups is 1. The molecule has 0 bridgehead atoms. The minimum atomic E-state index is -1.10. The van der Waals surface area contributed by atoms with E-state index in [-0.39, 0.29) is 96.3 Å². The number of β-lactam (4-membered cyclic amide) rings is 4. The number of carboxylic acids is 1. The highest BCUT2D eigenvalue weighted by molar-refractivity contribution is 8.03. The van der Waals surface area contributed by atoms with Crippen LogP contribution in [0.25, 0.3) is 0 Å². The van der Waals surface area contributed by atoms with Crippen molar-refractivity contribution >= 4 is 95.2 Å². The first-order valence-corrected chi connectivity index (χ1v) is 27.6. The van der Waals surface area contributed by atoms with Crippen LogP contribution in [0.2, 0.25) is 0 Å². The van der Waals surface area contributed by atoms with Crippen molar-refractivity contribution in [2.75, 3.05) is 36.9 Å². The number of fused-ring (bicyclic) bond motifs is 4. The Bertz CT molecular complexity index is 2430. The fraction of sp³-hybridized carbons (Fsp3) is 0.608. The fourth-order valence-electron chi connectivity index (χ4n) is 10.9. The smallest absolute Gasteiger partial charge is 0.353 e. The van der Waals surface area contributed by atoms with Gasteiger partial charge in [0.25, 0.3) is 0 Å². The molecule has 8 aliphatic heterocycles. The first-order valence-electron chi connectivity index (χ1n) is 25.0. The van der Waals surface area contributed by atoms with Gasteiger partial charge in [-0.15, -0.1) is 23.5 Å². The second-order valence-electron chi connectivity index (χ2n) is 19.4. The summed E-state index contributed by atoms with van der Waals surface area (Å²) in [5, 5.41) is 53.2. The number of amides is 4. The van der Waals surface area contributed by atoms with E-state index in [0.717, 1.165) is 41.5 Å². The average molecular weight is 1120 g/mol. The summed E-state index contributed by atoms with van der Waals surface area (Å²) < 4.78 is 0. The van der Waals surface area contributed by atoms with Gasteiger partial charge in [-0.05, 0) is 65.9 Å². The zero-order valence-corrected chi connectivity index (χ0v) is 46.7. The maximum Gasteiger partial charge on any atom is 0.353 e. The van der Waals surface area contributed by atoms with Crippen LogP contribution in [-0.2, 0) is 43.2 Å². The van der Waals surface area contributed by atoms with Gasteiger partial charge in [-0.2, -0.15) is 12.6 Å². The van der Waals surface area contributed by atoms with Gasteiger partial charge in [0.15, 0.2) is 23.1 Å². The number of hydrogen-bond acceptors (Lipinski definition) is 19. The second kappa shape index (κ2) is 27.8. The van der Waals surface area contributed by atoms with Crippen LogP contribution in [-0.4, -0.2) is 196 Å². The van der Waals surface area contributed by atoms with E-state index < -0.39 is 48.3 Å². The van der Waals surface area contributed by atoms with E-state index in [1.165, 1.54) is 55.6 Å². The lowest BCUT2D eigenvalue weighted by Gasteiger charge is -2.45. The molecule has 5 fully saturated rings. The van der Waals surface area contributed by atoms with Crippen LogP contribution in [0.15, 0.2) is 63.0 Å². The Kier molecular flexibility index (Phi) is 23.2. The van der Waals surface area contributed by atoms with Crippen molar-refractivity contribution in [2.45, 2.75) is 136 Å². The van der Waals surface area contributed by atoms with E-state index in [9.17, 15) is 68.7 Å². The normalized spacial score (nSPS) is 27.9. The number of aliphatic carboxylic acids is 1. The minimum absolute atomic E-state index is 0. The number of nitrogens with two attached hydrogens (primary N) is 1. The molecule has 8 rings (SSSR count). The number of carboxylic acid groups (broad SMARTS) is 1. The number of nitrogens with one attached hydrogen (secondary N) is 2. The Morgan fingerprint density at radius 1 is 0.684 bits per heavy atom. The maximum absolute atomic E-state index is 12.1. The molecule has 0 aromatic rings. The third-order valence-electron chi connectivity index (χ3n) is 14.1. The number of carbonyl (C=O) groups is 9. The topological polar surface area (TPSA) is 330 Å². The number of hydrogen-bond donors (Lipinski definition) is 9. The van der Waals surface area contributed by atoms with Crippen molar-refractivity contribution < 1.29 is 70.1 Å². The lowest BCUT2D eigenvalue weighted by atomic mass is 9.83. The summed E-state index contributed by atoms with van der Waals surface area (Å²) in [5.74, 6) is -1.97. The van der Waals surface area contributed by atoms with Crippen LogP contribution in [0.4, 0.5) is 0 Å². The van der Waals surface area contributed by atoms with Crippen LogP contribution in [0.5, 0.6) is 0 Å². The lowest BCUT2D eigenvalue weighted by molar-refractivity contribution is -0.165. The largest absolute Gasteiger partial charge is 0.477 e. The third kappa shape index (κ3) is 13.3. The Morgan fingerprint density at radius 3 is 1.51 bits per heavy atom. The summed E-state index contributed by atoms with van der Waals surface area (Å²) in [6.07, 6.45) is 3.79. The van der Waals surface area contributed by atoms with Gasteiger partial charge in [0.2, 0.25) is 23.6 Å². The number of thioether (sulfide) groups is 2.